The zero-order valence-electron chi connectivity index (χ0n) is 5.62. The minimum Gasteiger partial charge on any atom is -0.319 e. The average Bonchev–Trinajstić information content (AvgIpc) is 2.19. The molecule has 0 aliphatic heterocycles. The van der Waals surface area contributed by atoms with Crippen molar-refractivity contribution in [3.8, 4) is 0 Å². The lowest BCUT2D eigenvalue weighted by molar-refractivity contribution is 0.0867. The number of halogens is 2. The van der Waals surface area contributed by atoms with Crippen LogP contribution in [0.1, 0.15) is 6.92 Å². The maximum absolute atomic E-state index is 12.3. The highest BCUT2D eigenvalue weighted by molar-refractivity contribution is 5.03. The minimum atomic E-state index is -2.39. The number of hydrogen-bond donors (Lipinski definition) is 1. The molecule has 0 radical (unpaired) electrons. The summed E-state index contributed by atoms with van der Waals surface area (Å²) in [7, 11) is 1.70. The average molecular weight is 135 g/mol. The van der Waals surface area contributed by atoms with Gasteiger partial charge in [-0.3, -0.25) is 0 Å². The standard InChI is InChI=1S/C6H11F2N/c1-4-5(3-9-2)6(4,7)8/h4-5,9H,3H2,1-2H3/t4-,5+/m0/s1. The summed E-state index contributed by atoms with van der Waals surface area (Å²) in [6.07, 6.45) is 0. The fraction of sp³-hybridized carbons (Fsp3) is 1.00. The van der Waals surface area contributed by atoms with E-state index < -0.39 is 17.8 Å². The highest BCUT2D eigenvalue weighted by Gasteiger charge is 2.64. The van der Waals surface area contributed by atoms with E-state index in [0.717, 1.165) is 0 Å². The van der Waals surface area contributed by atoms with Gasteiger partial charge in [0, 0.05) is 18.4 Å². The van der Waals surface area contributed by atoms with Crippen LogP contribution in [0.2, 0.25) is 0 Å². The third-order valence-electron chi connectivity index (χ3n) is 2.02. The Morgan fingerprint density at radius 2 is 2.00 bits per heavy atom. The number of hydrogen-bond acceptors (Lipinski definition) is 1. The Morgan fingerprint density at radius 3 is 2.11 bits per heavy atom. The highest BCUT2D eigenvalue weighted by Crippen LogP contribution is 2.54. The van der Waals surface area contributed by atoms with Crippen LogP contribution in [0.25, 0.3) is 0 Å². The molecule has 0 aromatic carbocycles. The van der Waals surface area contributed by atoms with Gasteiger partial charge < -0.3 is 5.32 Å². The highest BCUT2D eigenvalue weighted by atomic mass is 19.3. The van der Waals surface area contributed by atoms with Gasteiger partial charge in [0.2, 0.25) is 0 Å². The molecule has 1 nitrogen and oxygen atoms in total. The third kappa shape index (κ3) is 0.936. The van der Waals surface area contributed by atoms with E-state index in [1.165, 1.54) is 0 Å². The first-order chi connectivity index (χ1) is 4.10. The van der Waals surface area contributed by atoms with E-state index in [1.807, 2.05) is 0 Å². The smallest absolute Gasteiger partial charge is 0.255 e. The normalized spacial score (nSPS) is 38.7. The van der Waals surface area contributed by atoms with Crippen molar-refractivity contribution in [3.05, 3.63) is 0 Å². The molecule has 1 aliphatic rings. The van der Waals surface area contributed by atoms with E-state index in [9.17, 15) is 8.78 Å². The van der Waals surface area contributed by atoms with Crippen molar-refractivity contribution >= 4 is 0 Å². The van der Waals surface area contributed by atoms with E-state index in [4.69, 9.17) is 0 Å². The zero-order chi connectivity index (χ0) is 7.07. The number of nitrogens with one attached hydrogen (secondary N) is 1. The van der Waals surface area contributed by atoms with Crippen LogP contribution in [-0.4, -0.2) is 19.5 Å². The van der Waals surface area contributed by atoms with Crippen LogP contribution in [0.15, 0.2) is 0 Å². The van der Waals surface area contributed by atoms with Crippen LogP contribution in [0.3, 0.4) is 0 Å². The Labute approximate surface area is 53.4 Å². The summed E-state index contributed by atoms with van der Waals surface area (Å²) >= 11 is 0. The molecule has 1 aliphatic carbocycles. The van der Waals surface area contributed by atoms with Crippen molar-refractivity contribution in [2.45, 2.75) is 12.8 Å². The minimum absolute atomic E-state index is 0.412. The van der Waals surface area contributed by atoms with E-state index in [0.29, 0.717) is 6.54 Å². The van der Waals surface area contributed by atoms with Crippen LogP contribution < -0.4 is 5.32 Å². The predicted octanol–water partition coefficient (Wildman–Crippen LogP) is 1.11. The molecular weight excluding hydrogens is 124 g/mol. The first-order valence-electron chi connectivity index (χ1n) is 3.13. The largest absolute Gasteiger partial charge is 0.319 e. The fourth-order valence-electron chi connectivity index (χ4n) is 1.09. The van der Waals surface area contributed by atoms with E-state index in [-0.39, 0.29) is 0 Å². The molecule has 2 atom stereocenters. The molecule has 54 valence electrons. The molecule has 0 aromatic heterocycles. The SMILES string of the molecule is CNC[C@@H]1[C@H](C)C1(F)F. The van der Waals surface area contributed by atoms with Crippen LogP contribution in [0.4, 0.5) is 8.78 Å². The summed E-state index contributed by atoms with van der Waals surface area (Å²) in [6, 6.07) is 0. The zero-order valence-corrected chi connectivity index (χ0v) is 5.62. The van der Waals surface area contributed by atoms with Crippen molar-refractivity contribution in [1.29, 1.82) is 0 Å². The van der Waals surface area contributed by atoms with E-state index >= 15 is 0 Å². The Morgan fingerprint density at radius 1 is 1.56 bits per heavy atom. The van der Waals surface area contributed by atoms with Crippen LogP contribution in [0, 0.1) is 11.8 Å². The van der Waals surface area contributed by atoms with Crippen molar-refractivity contribution in [3.63, 3.8) is 0 Å². The van der Waals surface area contributed by atoms with Gasteiger partial charge in [0.15, 0.2) is 0 Å². The lowest BCUT2D eigenvalue weighted by Crippen LogP contribution is -2.13. The van der Waals surface area contributed by atoms with E-state index in [2.05, 4.69) is 5.32 Å². The summed E-state index contributed by atoms with van der Waals surface area (Å²) in [5.74, 6) is -3.21. The third-order valence-corrected chi connectivity index (χ3v) is 2.02. The second kappa shape index (κ2) is 1.90. The summed E-state index contributed by atoms with van der Waals surface area (Å²) in [6.45, 7) is 2.02. The summed E-state index contributed by atoms with van der Waals surface area (Å²) in [5, 5.41) is 2.74. The molecular formula is C6H11F2N. The van der Waals surface area contributed by atoms with E-state index in [1.54, 1.807) is 14.0 Å². The maximum atomic E-state index is 12.3. The summed E-state index contributed by atoms with van der Waals surface area (Å²) in [4.78, 5) is 0. The van der Waals surface area contributed by atoms with Gasteiger partial charge in [-0.15, -0.1) is 0 Å². The van der Waals surface area contributed by atoms with Gasteiger partial charge in [0.25, 0.3) is 5.92 Å². The topological polar surface area (TPSA) is 12.0 Å². The van der Waals surface area contributed by atoms with Crippen molar-refractivity contribution in [2.75, 3.05) is 13.6 Å². The van der Waals surface area contributed by atoms with Crippen molar-refractivity contribution in [2.24, 2.45) is 11.8 Å². The van der Waals surface area contributed by atoms with Crippen molar-refractivity contribution in [1.82, 2.24) is 5.32 Å². The lowest BCUT2D eigenvalue weighted by atomic mass is 10.3. The van der Waals surface area contributed by atoms with Gasteiger partial charge in [0.05, 0.1) is 0 Å². The molecule has 1 rings (SSSR count). The Balaban J connectivity index is 2.33. The molecule has 0 aromatic rings. The Kier molecular flexibility index (Phi) is 1.47. The van der Waals surface area contributed by atoms with Gasteiger partial charge in [-0.2, -0.15) is 0 Å². The molecule has 1 saturated carbocycles. The van der Waals surface area contributed by atoms with Crippen LogP contribution >= 0.6 is 0 Å². The van der Waals surface area contributed by atoms with Gasteiger partial charge in [-0.1, -0.05) is 6.92 Å². The molecule has 0 spiro atoms. The monoisotopic (exact) mass is 135 g/mol. The van der Waals surface area contributed by atoms with Gasteiger partial charge >= 0.3 is 0 Å². The molecule has 0 unspecified atom stereocenters. The first-order valence-corrected chi connectivity index (χ1v) is 3.13. The molecule has 0 amide bonds. The van der Waals surface area contributed by atoms with Crippen molar-refractivity contribution < 1.29 is 8.78 Å². The Bertz CT molecular complexity index is 114. The van der Waals surface area contributed by atoms with Crippen LogP contribution in [0.5, 0.6) is 0 Å². The molecule has 3 heteroatoms. The summed E-state index contributed by atoms with van der Waals surface area (Å²) < 4.78 is 24.7. The number of alkyl halides is 2. The van der Waals surface area contributed by atoms with Gasteiger partial charge in [-0.25, -0.2) is 8.78 Å². The lowest BCUT2D eigenvalue weighted by Gasteiger charge is -1.93. The number of rotatable bonds is 2. The molecule has 0 bridgehead atoms. The quantitative estimate of drug-likeness (QED) is 0.598. The van der Waals surface area contributed by atoms with Gasteiger partial charge in [0.1, 0.15) is 0 Å². The Hall–Kier alpha value is -0.180. The van der Waals surface area contributed by atoms with Crippen LogP contribution in [-0.2, 0) is 0 Å². The molecule has 1 N–H and O–H groups in total. The van der Waals surface area contributed by atoms with Gasteiger partial charge in [-0.05, 0) is 7.05 Å². The fourth-order valence-corrected chi connectivity index (χ4v) is 1.09. The molecule has 0 saturated heterocycles. The molecule has 1 fully saturated rings. The second-order valence-electron chi connectivity index (χ2n) is 2.63. The second-order valence-corrected chi connectivity index (χ2v) is 2.63. The molecule has 0 heterocycles. The summed E-state index contributed by atoms with van der Waals surface area (Å²) in [5.41, 5.74) is 0. The molecule has 9 heavy (non-hydrogen) atoms. The predicted molar refractivity (Wildman–Crippen MR) is 31.5 cm³/mol. The maximum Gasteiger partial charge on any atom is 0.255 e. The first kappa shape index (κ1) is 6.93.